The lowest BCUT2D eigenvalue weighted by Gasteiger charge is -2.17. The Morgan fingerprint density at radius 1 is 1.04 bits per heavy atom. The van der Waals surface area contributed by atoms with Crippen LogP contribution in [-0.4, -0.2) is 28.0 Å². The predicted octanol–water partition coefficient (Wildman–Crippen LogP) is 4.78. The van der Waals surface area contributed by atoms with E-state index in [9.17, 15) is 4.79 Å². The van der Waals surface area contributed by atoms with Crippen LogP contribution in [0.25, 0.3) is 22.2 Å². The molecule has 0 bridgehead atoms. The summed E-state index contributed by atoms with van der Waals surface area (Å²) in [6, 6.07) is 19.4. The summed E-state index contributed by atoms with van der Waals surface area (Å²) in [6.45, 7) is 4.25. The van der Waals surface area contributed by atoms with E-state index in [0.29, 0.717) is 17.9 Å². The molecule has 140 valence electrons. The number of carbonyl (C=O) groups is 1. The van der Waals surface area contributed by atoms with Gasteiger partial charge in [-0.1, -0.05) is 53.7 Å². The minimum Gasteiger partial charge on any atom is -0.359 e. The number of nitrogens with zero attached hydrogens (tertiary/aromatic N) is 3. The van der Waals surface area contributed by atoms with Crippen LogP contribution in [0.3, 0.4) is 0 Å². The Labute approximate surface area is 163 Å². The smallest absolute Gasteiger partial charge is 0.254 e. The van der Waals surface area contributed by atoms with Crippen molar-refractivity contribution in [1.29, 1.82) is 0 Å². The van der Waals surface area contributed by atoms with E-state index in [-0.39, 0.29) is 5.91 Å². The van der Waals surface area contributed by atoms with Gasteiger partial charge in [0.2, 0.25) is 0 Å². The molecule has 5 heteroatoms. The Kier molecular flexibility index (Phi) is 4.65. The van der Waals surface area contributed by atoms with Crippen molar-refractivity contribution in [2.75, 3.05) is 7.05 Å². The fourth-order valence-electron chi connectivity index (χ4n) is 3.34. The first-order valence-electron chi connectivity index (χ1n) is 9.16. The molecule has 0 radical (unpaired) electrons. The van der Waals surface area contributed by atoms with Gasteiger partial charge in [-0.2, -0.15) is 0 Å². The number of fused-ring (bicyclic) bond motifs is 1. The van der Waals surface area contributed by atoms with Gasteiger partial charge in [0, 0.05) is 29.8 Å². The number of para-hydroxylation sites is 1. The Morgan fingerprint density at radius 2 is 1.82 bits per heavy atom. The van der Waals surface area contributed by atoms with Crippen molar-refractivity contribution in [1.82, 2.24) is 15.0 Å². The van der Waals surface area contributed by atoms with E-state index < -0.39 is 0 Å². The first kappa shape index (κ1) is 17.9. The Bertz CT molecular complexity index is 1150. The predicted molar refractivity (Wildman–Crippen MR) is 109 cm³/mol. The second kappa shape index (κ2) is 7.27. The molecule has 0 spiro atoms. The van der Waals surface area contributed by atoms with Gasteiger partial charge in [-0.3, -0.25) is 9.78 Å². The van der Waals surface area contributed by atoms with E-state index in [0.717, 1.165) is 33.4 Å². The van der Waals surface area contributed by atoms with E-state index in [1.54, 1.807) is 11.9 Å². The number of hydrogen-bond donors (Lipinski definition) is 0. The van der Waals surface area contributed by atoms with Crippen LogP contribution in [-0.2, 0) is 6.54 Å². The molecular weight excluding hydrogens is 350 g/mol. The Balaban J connectivity index is 1.60. The van der Waals surface area contributed by atoms with Crippen molar-refractivity contribution in [3.05, 3.63) is 83.2 Å². The van der Waals surface area contributed by atoms with Crippen LogP contribution in [0.2, 0.25) is 0 Å². The largest absolute Gasteiger partial charge is 0.359 e. The molecule has 4 rings (SSSR count). The minimum absolute atomic E-state index is 0.0706. The van der Waals surface area contributed by atoms with Crippen LogP contribution in [0.1, 0.15) is 27.4 Å². The van der Waals surface area contributed by atoms with Crippen molar-refractivity contribution < 1.29 is 9.32 Å². The molecule has 0 saturated carbocycles. The Morgan fingerprint density at radius 3 is 2.61 bits per heavy atom. The molecule has 0 aliphatic rings. The Hall–Kier alpha value is -3.47. The SMILES string of the molecule is Cc1cc(C(=O)N(C)Cc2cc(-c3ccccc3)no2)c2cccc(C)c2n1. The molecule has 0 fully saturated rings. The van der Waals surface area contributed by atoms with Gasteiger partial charge in [0.15, 0.2) is 5.76 Å². The summed E-state index contributed by atoms with van der Waals surface area (Å²) in [4.78, 5) is 19.4. The highest BCUT2D eigenvalue weighted by Crippen LogP contribution is 2.24. The summed E-state index contributed by atoms with van der Waals surface area (Å²) in [7, 11) is 1.77. The molecule has 2 aromatic carbocycles. The summed E-state index contributed by atoms with van der Waals surface area (Å²) in [5.74, 6) is 0.569. The zero-order valence-electron chi connectivity index (χ0n) is 16.1. The maximum absolute atomic E-state index is 13.1. The number of hydrogen-bond acceptors (Lipinski definition) is 4. The lowest BCUT2D eigenvalue weighted by molar-refractivity contribution is 0.0774. The topological polar surface area (TPSA) is 59.2 Å². The summed E-state index contributed by atoms with van der Waals surface area (Å²) in [5, 5.41) is 4.99. The fourth-order valence-corrected chi connectivity index (χ4v) is 3.34. The number of pyridine rings is 1. The quantitative estimate of drug-likeness (QED) is 0.518. The summed E-state index contributed by atoms with van der Waals surface area (Å²) < 4.78 is 5.45. The van der Waals surface area contributed by atoms with Crippen LogP contribution >= 0.6 is 0 Å². The molecule has 5 nitrogen and oxygen atoms in total. The van der Waals surface area contributed by atoms with Gasteiger partial charge in [-0.05, 0) is 25.5 Å². The van der Waals surface area contributed by atoms with Gasteiger partial charge in [0.25, 0.3) is 5.91 Å². The van der Waals surface area contributed by atoms with E-state index in [4.69, 9.17) is 4.52 Å². The van der Waals surface area contributed by atoms with Crippen molar-refractivity contribution in [3.63, 3.8) is 0 Å². The van der Waals surface area contributed by atoms with E-state index in [1.165, 1.54) is 0 Å². The van der Waals surface area contributed by atoms with Crippen LogP contribution in [0, 0.1) is 13.8 Å². The van der Waals surface area contributed by atoms with Gasteiger partial charge in [-0.15, -0.1) is 0 Å². The van der Waals surface area contributed by atoms with Crippen LogP contribution in [0.5, 0.6) is 0 Å². The molecule has 0 aliphatic carbocycles. The van der Waals surface area contributed by atoms with Gasteiger partial charge in [-0.25, -0.2) is 0 Å². The van der Waals surface area contributed by atoms with Crippen molar-refractivity contribution in [2.24, 2.45) is 0 Å². The molecule has 0 saturated heterocycles. The lowest BCUT2D eigenvalue weighted by atomic mass is 10.0. The van der Waals surface area contributed by atoms with Crippen LogP contribution in [0.4, 0.5) is 0 Å². The number of aromatic nitrogens is 2. The minimum atomic E-state index is -0.0706. The highest BCUT2D eigenvalue weighted by atomic mass is 16.5. The van der Waals surface area contributed by atoms with Crippen molar-refractivity contribution in [2.45, 2.75) is 20.4 Å². The molecule has 2 heterocycles. The molecule has 1 amide bonds. The molecule has 0 atom stereocenters. The summed E-state index contributed by atoms with van der Waals surface area (Å²) >= 11 is 0. The zero-order valence-corrected chi connectivity index (χ0v) is 16.1. The number of rotatable bonds is 4. The maximum atomic E-state index is 13.1. The first-order chi connectivity index (χ1) is 13.5. The molecule has 28 heavy (non-hydrogen) atoms. The third kappa shape index (κ3) is 3.39. The maximum Gasteiger partial charge on any atom is 0.254 e. The number of aryl methyl sites for hydroxylation is 2. The average Bonchev–Trinajstić information content (AvgIpc) is 3.17. The third-order valence-electron chi connectivity index (χ3n) is 4.77. The first-order valence-corrected chi connectivity index (χ1v) is 9.16. The van der Waals surface area contributed by atoms with E-state index >= 15 is 0 Å². The normalized spacial score (nSPS) is 11.0. The van der Waals surface area contributed by atoms with Crippen LogP contribution in [0.15, 0.2) is 65.2 Å². The summed E-state index contributed by atoms with van der Waals surface area (Å²) in [6.07, 6.45) is 0. The average molecular weight is 371 g/mol. The monoisotopic (exact) mass is 371 g/mol. The molecule has 0 N–H and O–H groups in total. The molecule has 2 aromatic heterocycles. The fraction of sp³-hybridized carbons (Fsp3) is 0.174. The van der Waals surface area contributed by atoms with Gasteiger partial charge in [0.1, 0.15) is 5.69 Å². The van der Waals surface area contributed by atoms with Gasteiger partial charge >= 0.3 is 0 Å². The highest BCUT2D eigenvalue weighted by molar-refractivity contribution is 6.06. The second-order valence-corrected chi connectivity index (χ2v) is 6.99. The summed E-state index contributed by atoms with van der Waals surface area (Å²) in [5.41, 5.74) is 5.14. The van der Waals surface area contributed by atoms with E-state index in [2.05, 4.69) is 10.1 Å². The van der Waals surface area contributed by atoms with Crippen molar-refractivity contribution >= 4 is 16.8 Å². The standard InChI is InChI=1S/C23H21N3O2/c1-15-8-7-11-19-20(12-16(2)24-22(15)19)23(27)26(3)14-18-13-21(25-28-18)17-9-5-4-6-10-17/h4-13H,14H2,1-3H3. The number of benzene rings is 2. The molecular formula is C23H21N3O2. The number of amides is 1. The third-order valence-corrected chi connectivity index (χ3v) is 4.77. The molecule has 0 aliphatic heterocycles. The van der Waals surface area contributed by atoms with Crippen LogP contribution < -0.4 is 0 Å². The van der Waals surface area contributed by atoms with E-state index in [1.807, 2.05) is 74.5 Å². The molecule has 4 aromatic rings. The second-order valence-electron chi connectivity index (χ2n) is 6.99. The van der Waals surface area contributed by atoms with Crippen molar-refractivity contribution in [3.8, 4) is 11.3 Å². The zero-order chi connectivity index (χ0) is 19.7. The molecule has 0 unspecified atom stereocenters. The highest BCUT2D eigenvalue weighted by Gasteiger charge is 2.19. The van der Waals surface area contributed by atoms with Gasteiger partial charge < -0.3 is 9.42 Å². The lowest BCUT2D eigenvalue weighted by Crippen LogP contribution is -2.26. The number of carbonyl (C=O) groups excluding carboxylic acids is 1. The van der Waals surface area contributed by atoms with Gasteiger partial charge in [0.05, 0.1) is 17.6 Å².